The number of benzene rings is 1. The SMILES string of the molecule is CCCC(=O)c1ccc(OCC(=O)N(C)C2CCCCC2)c(N)c1. The van der Waals surface area contributed by atoms with Crippen LogP contribution in [0.3, 0.4) is 0 Å². The Morgan fingerprint density at radius 2 is 1.96 bits per heavy atom. The van der Waals surface area contributed by atoms with Crippen molar-refractivity contribution in [2.75, 3.05) is 19.4 Å². The molecule has 1 aliphatic carbocycles. The molecule has 0 aromatic heterocycles. The van der Waals surface area contributed by atoms with Gasteiger partial charge in [-0.1, -0.05) is 26.2 Å². The van der Waals surface area contributed by atoms with E-state index in [-0.39, 0.29) is 18.3 Å². The maximum atomic E-state index is 12.3. The van der Waals surface area contributed by atoms with Gasteiger partial charge in [-0.05, 0) is 37.5 Å². The zero-order chi connectivity index (χ0) is 17.5. The number of rotatable bonds is 7. The highest BCUT2D eigenvalue weighted by Gasteiger charge is 2.22. The standard InChI is InChI=1S/C19H28N2O3/c1-3-7-17(22)14-10-11-18(16(20)12-14)24-13-19(23)21(2)15-8-5-4-6-9-15/h10-12,15H,3-9,13,20H2,1-2H3. The van der Waals surface area contributed by atoms with Gasteiger partial charge in [0.25, 0.3) is 5.91 Å². The van der Waals surface area contributed by atoms with Crippen molar-refractivity contribution in [3.8, 4) is 5.75 Å². The van der Waals surface area contributed by atoms with Crippen LogP contribution in [0.15, 0.2) is 18.2 Å². The molecule has 24 heavy (non-hydrogen) atoms. The van der Waals surface area contributed by atoms with Gasteiger partial charge in [-0.3, -0.25) is 9.59 Å². The number of nitrogen functional groups attached to an aromatic ring is 1. The van der Waals surface area contributed by atoms with Gasteiger partial charge in [-0.2, -0.15) is 0 Å². The Balaban J connectivity index is 1.91. The monoisotopic (exact) mass is 332 g/mol. The fourth-order valence-corrected chi connectivity index (χ4v) is 3.14. The van der Waals surface area contributed by atoms with E-state index in [1.165, 1.54) is 19.3 Å². The molecule has 2 rings (SSSR count). The van der Waals surface area contributed by atoms with E-state index in [1.54, 1.807) is 23.1 Å². The van der Waals surface area contributed by atoms with Gasteiger partial charge in [-0.15, -0.1) is 0 Å². The molecule has 132 valence electrons. The number of carbonyl (C=O) groups excluding carboxylic acids is 2. The summed E-state index contributed by atoms with van der Waals surface area (Å²) in [6, 6.07) is 5.33. The first kappa shape index (κ1) is 18.3. The van der Waals surface area contributed by atoms with Crippen molar-refractivity contribution in [2.24, 2.45) is 0 Å². The summed E-state index contributed by atoms with van der Waals surface area (Å²) in [5.74, 6) is 0.490. The minimum atomic E-state index is -0.0348. The van der Waals surface area contributed by atoms with Crippen molar-refractivity contribution in [3.05, 3.63) is 23.8 Å². The third kappa shape index (κ3) is 4.73. The average molecular weight is 332 g/mol. The van der Waals surface area contributed by atoms with Crippen LogP contribution < -0.4 is 10.5 Å². The minimum Gasteiger partial charge on any atom is -0.482 e. The van der Waals surface area contributed by atoms with Crippen LogP contribution >= 0.6 is 0 Å². The van der Waals surface area contributed by atoms with Crippen LogP contribution in [0.5, 0.6) is 5.75 Å². The van der Waals surface area contributed by atoms with Gasteiger partial charge < -0.3 is 15.4 Å². The molecule has 0 heterocycles. The molecule has 0 unspecified atom stereocenters. The van der Waals surface area contributed by atoms with E-state index < -0.39 is 0 Å². The summed E-state index contributed by atoms with van der Waals surface area (Å²) >= 11 is 0. The van der Waals surface area contributed by atoms with E-state index in [2.05, 4.69) is 0 Å². The number of hydrogen-bond donors (Lipinski definition) is 1. The molecule has 0 radical (unpaired) electrons. The summed E-state index contributed by atoms with van der Waals surface area (Å²) in [6.07, 6.45) is 7.07. The van der Waals surface area contributed by atoms with Crippen LogP contribution in [0.2, 0.25) is 0 Å². The molecular formula is C19H28N2O3. The third-order valence-electron chi connectivity index (χ3n) is 4.68. The molecule has 1 aliphatic rings. The van der Waals surface area contributed by atoms with Crippen molar-refractivity contribution in [2.45, 2.75) is 57.9 Å². The number of nitrogens with two attached hydrogens (primary N) is 1. The number of Topliss-reactive ketones (excluding diaryl/α,β-unsaturated/α-hetero) is 1. The van der Waals surface area contributed by atoms with Crippen molar-refractivity contribution in [1.82, 2.24) is 4.90 Å². The summed E-state index contributed by atoms with van der Waals surface area (Å²) in [4.78, 5) is 26.0. The first-order valence-electron chi connectivity index (χ1n) is 8.84. The summed E-state index contributed by atoms with van der Waals surface area (Å²) in [5.41, 5.74) is 6.94. The first-order chi connectivity index (χ1) is 11.5. The quantitative estimate of drug-likeness (QED) is 0.613. The fourth-order valence-electron chi connectivity index (χ4n) is 3.14. The predicted octanol–water partition coefficient (Wildman–Crippen LogP) is 3.42. The van der Waals surface area contributed by atoms with Gasteiger partial charge in [0, 0.05) is 25.1 Å². The normalized spacial score (nSPS) is 15.1. The molecule has 5 nitrogen and oxygen atoms in total. The van der Waals surface area contributed by atoms with Gasteiger partial charge in [-0.25, -0.2) is 0 Å². The molecule has 0 aliphatic heterocycles. The van der Waals surface area contributed by atoms with Crippen molar-refractivity contribution in [1.29, 1.82) is 0 Å². The van der Waals surface area contributed by atoms with Crippen LogP contribution in [0.25, 0.3) is 0 Å². The summed E-state index contributed by atoms with van der Waals surface area (Å²) in [7, 11) is 1.84. The number of ketones is 1. The molecular weight excluding hydrogens is 304 g/mol. The lowest BCUT2D eigenvalue weighted by Gasteiger charge is -2.31. The molecule has 1 saturated carbocycles. The second-order valence-electron chi connectivity index (χ2n) is 6.51. The second kappa shape index (κ2) is 8.71. The van der Waals surface area contributed by atoms with Crippen LogP contribution in [0.4, 0.5) is 5.69 Å². The average Bonchev–Trinajstić information content (AvgIpc) is 2.60. The smallest absolute Gasteiger partial charge is 0.260 e. The van der Waals surface area contributed by atoms with Gasteiger partial charge in [0.05, 0.1) is 5.69 Å². The Labute approximate surface area is 144 Å². The first-order valence-corrected chi connectivity index (χ1v) is 8.84. The number of nitrogens with zero attached hydrogens (tertiary/aromatic N) is 1. The maximum absolute atomic E-state index is 12.3. The lowest BCUT2D eigenvalue weighted by molar-refractivity contribution is -0.134. The third-order valence-corrected chi connectivity index (χ3v) is 4.68. The molecule has 1 fully saturated rings. The number of likely N-dealkylation sites (N-methyl/N-ethyl adjacent to an activating group) is 1. The highest BCUT2D eigenvalue weighted by atomic mass is 16.5. The largest absolute Gasteiger partial charge is 0.482 e. The number of ether oxygens (including phenoxy) is 1. The Morgan fingerprint density at radius 1 is 1.25 bits per heavy atom. The Hall–Kier alpha value is -2.04. The van der Waals surface area contributed by atoms with Gasteiger partial charge in [0.15, 0.2) is 12.4 Å². The lowest BCUT2D eigenvalue weighted by atomic mass is 9.94. The zero-order valence-electron chi connectivity index (χ0n) is 14.7. The molecule has 5 heteroatoms. The molecule has 0 bridgehead atoms. The molecule has 0 spiro atoms. The second-order valence-corrected chi connectivity index (χ2v) is 6.51. The number of carbonyl (C=O) groups is 2. The summed E-state index contributed by atoms with van der Waals surface area (Å²) in [5, 5.41) is 0. The van der Waals surface area contributed by atoms with Crippen molar-refractivity contribution < 1.29 is 14.3 Å². The van der Waals surface area contributed by atoms with Crippen LogP contribution in [-0.4, -0.2) is 36.3 Å². The van der Waals surface area contributed by atoms with E-state index in [1.807, 2.05) is 14.0 Å². The Bertz CT molecular complexity index is 580. The van der Waals surface area contributed by atoms with Crippen molar-refractivity contribution in [3.63, 3.8) is 0 Å². The predicted molar refractivity (Wildman–Crippen MR) is 95.2 cm³/mol. The van der Waals surface area contributed by atoms with Crippen LogP contribution in [-0.2, 0) is 4.79 Å². The molecule has 1 aromatic carbocycles. The van der Waals surface area contributed by atoms with Crippen molar-refractivity contribution >= 4 is 17.4 Å². The lowest BCUT2D eigenvalue weighted by Crippen LogP contribution is -2.40. The highest BCUT2D eigenvalue weighted by Crippen LogP contribution is 2.24. The van der Waals surface area contributed by atoms with Crippen LogP contribution in [0, 0.1) is 0 Å². The fraction of sp³-hybridized carbons (Fsp3) is 0.579. The van der Waals surface area contributed by atoms with E-state index >= 15 is 0 Å². The maximum Gasteiger partial charge on any atom is 0.260 e. The molecule has 0 saturated heterocycles. The van der Waals surface area contributed by atoms with Crippen LogP contribution in [0.1, 0.15) is 62.2 Å². The van der Waals surface area contributed by atoms with Gasteiger partial charge >= 0.3 is 0 Å². The van der Waals surface area contributed by atoms with E-state index in [9.17, 15) is 9.59 Å². The summed E-state index contributed by atoms with van der Waals surface area (Å²) in [6.45, 7) is 1.94. The number of anilines is 1. The minimum absolute atomic E-state index is 0.0283. The Kier molecular flexibility index (Phi) is 6.64. The Morgan fingerprint density at radius 3 is 2.58 bits per heavy atom. The van der Waals surface area contributed by atoms with E-state index in [0.29, 0.717) is 29.5 Å². The number of amides is 1. The zero-order valence-corrected chi connectivity index (χ0v) is 14.7. The summed E-state index contributed by atoms with van der Waals surface area (Å²) < 4.78 is 5.58. The number of hydrogen-bond acceptors (Lipinski definition) is 4. The van der Waals surface area contributed by atoms with Gasteiger partial charge in [0.1, 0.15) is 5.75 Å². The van der Waals surface area contributed by atoms with E-state index in [0.717, 1.165) is 19.3 Å². The molecule has 1 aromatic rings. The highest BCUT2D eigenvalue weighted by molar-refractivity contribution is 5.97. The van der Waals surface area contributed by atoms with E-state index in [4.69, 9.17) is 10.5 Å². The molecule has 1 amide bonds. The topological polar surface area (TPSA) is 72.6 Å². The molecule has 2 N–H and O–H groups in total. The molecule has 0 atom stereocenters. The van der Waals surface area contributed by atoms with Gasteiger partial charge in [0.2, 0.25) is 0 Å².